The number of hydrogen-bond donors (Lipinski definition) is 1. The van der Waals surface area contributed by atoms with Crippen molar-refractivity contribution in [1.82, 2.24) is 14.8 Å². The Hall–Kier alpha value is -3.34. The van der Waals surface area contributed by atoms with Crippen LogP contribution in [0, 0.1) is 0 Å². The Morgan fingerprint density at radius 2 is 1.66 bits per heavy atom. The van der Waals surface area contributed by atoms with Gasteiger partial charge in [0, 0.05) is 16.8 Å². The van der Waals surface area contributed by atoms with Gasteiger partial charge < -0.3 is 5.73 Å². The van der Waals surface area contributed by atoms with E-state index in [0.29, 0.717) is 29.2 Å². The zero-order valence-electron chi connectivity index (χ0n) is 18.8. The maximum atomic E-state index is 13.2. The van der Waals surface area contributed by atoms with Gasteiger partial charge in [-0.05, 0) is 50.1 Å². The van der Waals surface area contributed by atoms with Crippen LogP contribution in [0.15, 0.2) is 64.5 Å². The number of rotatable bonds is 7. The quantitative estimate of drug-likeness (QED) is 0.251. The van der Waals surface area contributed by atoms with Crippen molar-refractivity contribution in [2.75, 3.05) is 0 Å². The minimum atomic E-state index is -5.02. The van der Waals surface area contributed by atoms with Gasteiger partial charge in [-0.1, -0.05) is 36.2 Å². The number of alkyl halides is 6. The molecule has 0 atom stereocenters. The molecule has 0 radical (unpaired) electrons. The van der Waals surface area contributed by atoms with Crippen molar-refractivity contribution in [2.24, 2.45) is 5.73 Å². The van der Waals surface area contributed by atoms with Gasteiger partial charge in [-0.25, -0.2) is 9.67 Å². The predicted octanol–water partition coefficient (Wildman–Crippen LogP) is 6.73. The zero-order valence-corrected chi connectivity index (χ0v) is 19.6. The van der Waals surface area contributed by atoms with Crippen LogP contribution in [0.5, 0.6) is 0 Å². The number of halogens is 7. The lowest BCUT2D eigenvalue weighted by molar-refractivity contribution is -0.143. The Balaban J connectivity index is 2.64. The summed E-state index contributed by atoms with van der Waals surface area (Å²) in [6, 6.07) is 1.03. The van der Waals surface area contributed by atoms with Gasteiger partial charge in [0.25, 0.3) is 5.91 Å². The van der Waals surface area contributed by atoms with Crippen LogP contribution in [-0.2, 0) is 17.1 Å². The Morgan fingerprint density at radius 3 is 2.11 bits per heavy atom. The molecule has 0 unspecified atom stereocenters. The summed E-state index contributed by atoms with van der Waals surface area (Å²) in [6.45, 7) is 5.38. The molecule has 35 heavy (non-hydrogen) atoms. The summed E-state index contributed by atoms with van der Waals surface area (Å²) < 4.78 is 80.0. The molecule has 2 N–H and O–H groups in total. The van der Waals surface area contributed by atoms with Crippen LogP contribution >= 0.6 is 11.6 Å². The number of aromatic nitrogens is 3. The second-order valence-electron chi connectivity index (χ2n) is 7.37. The van der Waals surface area contributed by atoms with Crippen LogP contribution in [-0.4, -0.2) is 20.7 Å². The van der Waals surface area contributed by atoms with E-state index in [-0.39, 0.29) is 11.6 Å². The molecule has 1 heterocycles. The lowest BCUT2D eigenvalue weighted by Crippen LogP contribution is -2.16. The molecule has 2 aromatic rings. The number of allylic oxidation sites excluding steroid dienone is 5. The normalized spacial score (nSPS) is 14.5. The highest BCUT2D eigenvalue weighted by molar-refractivity contribution is 6.31. The van der Waals surface area contributed by atoms with E-state index < -0.39 is 40.8 Å². The fraction of sp³-hybridized carbons (Fsp3) is 0.261. The summed E-state index contributed by atoms with van der Waals surface area (Å²) >= 11 is 6.08. The van der Waals surface area contributed by atoms with E-state index in [2.05, 4.69) is 10.1 Å². The van der Waals surface area contributed by atoms with Gasteiger partial charge in [0.1, 0.15) is 6.33 Å². The Kier molecular flexibility index (Phi) is 8.72. The molecular weight excluding hydrogens is 498 g/mol. The van der Waals surface area contributed by atoms with E-state index in [1.165, 1.54) is 6.08 Å². The third kappa shape index (κ3) is 7.57. The van der Waals surface area contributed by atoms with Gasteiger partial charge in [0.2, 0.25) is 0 Å². The summed E-state index contributed by atoms with van der Waals surface area (Å²) in [5.74, 6) is -1.29. The van der Waals surface area contributed by atoms with E-state index in [1.807, 2.05) is 13.8 Å². The Bertz CT molecular complexity index is 1190. The van der Waals surface area contributed by atoms with E-state index in [1.54, 1.807) is 19.1 Å². The molecular formula is C23H21ClF6N4O. The van der Waals surface area contributed by atoms with Gasteiger partial charge in [-0.2, -0.15) is 26.3 Å². The molecule has 2 rings (SSSR count). The molecule has 1 aromatic heterocycles. The van der Waals surface area contributed by atoms with Crippen molar-refractivity contribution in [3.63, 3.8) is 0 Å². The first-order valence-corrected chi connectivity index (χ1v) is 10.5. The fourth-order valence-corrected chi connectivity index (χ4v) is 2.88. The second-order valence-corrected chi connectivity index (χ2v) is 7.80. The van der Waals surface area contributed by atoms with Gasteiger partial charge in [-0.3, -0.25) is 4.79 Å². The molecule has 12 heteroatoms. The monoisotopic (exact) mass is 518 g/mol. The van der Waals surface area contributed by atoms with Crippen molar-refractivity contribution >= 4 is 23.7 Å². The van der Waals surface area contributed by atoms with Crippen molar-refractivity contribution in [3.05, 3.63) is 75.6 Å². The third-order valence-electron chi connectivity index (χ3n) is 4.72. The highest BCUT2D eigenvalue weighted by Gasteiger charge is 2.37. The average Bonchev–Trinajstić information content (AvgIpc) is 3.23. The molecule has 0 saturated heterocycles. The van der Waals surface area contributed by atoms with Crippen LogP contribution in [0.1, 0.15) is 38.3 Å². The minimum absolute atomic E-state index is 0.00997. The van der Waals surface area contributed by atoms with Crippen LogP contribution < -0.4 is 5.73 Å². The highest BCUT2D eigenvalue weighted by atomic mass is 35.5. The summed E-state index contributed by atoms with van der Waals surface area (Å²) in [7, 11) is 0. The molecule has 0 aliphatic rings. The molecule has 0 aliphatic carbocycles. The summed E-state index contributed by atoms with van der Waals surface area (Å²) in [4.78, 5) is 16.0. The number of carbonyl (C=O) groups excluding carboxylic acids is 1. The van der Waals surface area contributed by atoms with Gasteiger partial charge >= 0.3 is 12.4 Å². The summed E-state index contributed by atoms with van der Waals surface area (Å²) in [5, 5.41) is 4.22. The average molecular weight is 519 g/mol. The van der Waals surface area contributed by atoms with Gasteiger partial charge in [-0.15, -0.1) is 5.10 Å². The van der Waals surface area contributed by atoms with Crippen LogP contribution in [0.2, 0.25) is 0 Å². The first-order valence-electron chi connectivity index (χ1n) is 10.1. The minimum Gasteiger partial charge on any atom is -0.366 e. The highest BCUT2D eigenvalue weighted by Crippen LogP contribution is 2.38. The van der Waals surface area contributed by atoms with E-state index in [0.717, 1.165) is 22.8 Å². The smallest absolute Gasteiger partial charge is 0.366 e. The summed E-state index contributed by atoms with van der Waals surface area (Å²) in [6.07, 6.45) is -2.48. The van der Waals surface area contributed by atoms with Gasteiger partial charge in [0.15, 0.2) is 5.82 Å². The maximum Gasteiger partial charge on any atom is 0.416 e. The van der Waals surface area contributed by atoms with E-state index in [4.69, 9.17) is 17.3 Å². The van der Waals surface area contributed by atoms with E-state index >= 15 is 0 Å². The molecule has 0 bridgehead atoms. The molecule has 0 aliphatic heterocycles. The molecule has 0 fully saturated rings. The predicted molar refractivity (Wildman–Crippen MR) is 121 cm³/mol. The first-order chi connectivity index (χ1) is 16.1. The number of hydrogen-bond acceptors (Lipinski definition) is 3. The van der Waals surface area contributed by atoms with Crippen LogP contribution in [0.4, 0.5) is 26.3 Å². The fourth-order valence-electron chi connectivity index (χ4n) is 2.76. The molecule has 5 nitrogen and oxygen atoms in total. The number of nitrogens with zero attached hydrogens (tertiary/aromatic N) is 3. The Labute approximate surface area is 202 Å². The number of carbonyl (C=O) groups is 1. The van der Waals surface area contributed by atoms with Crippen molar-refractivity contribution in [1.29, 1.82) is 0 Å². The maximum absolute atomic E-state index is 13.2. The number of benzene rings is 1. The molecule has 0 saturated carbocycles. The molecule has 1 aromatic carbocycles. The number of amides is 1. The SMILES string of the molecule is C\C=C(Cl)/C=C(\C=C(/C)CC)C(=C\n1cnc(-c2cc(C(F)(F)F)cc(C(F)(F)F)c2)n1)/C(N)=O. The third-order valence-corrected chi connectivity index (χ3v) is 5.05. The molecule has 188 valence electrons. The number of primary amides is 1. The molecule has 1 amide bonds. The topological polar surface area (TPSA) is 73.8 Å². The van der Waals surface area contributed by atoms with E-state index in [9.17, 15) is 31.1 Å². The van der Waals surface area contributed by atoms with Gasteiger partial charge in [0.05, 0.1) is 16.7 Å². The first kappa shape index (κ1) is 27.9. The van der Waals surface area contributed by atoms with Crippen LogP contribution in [0.25, 0.3) is 17.6 Å². The second kappa shape index (κ2) is 10.9. The number of nitrogens with two attached hydrogens (primary N) is 1. The van der Waals surface area contributed by atoms with Crippen molar-refractivity contribution < 1.29 is 31.1 Å². The Morgan fingerprint density at radius 1 is 1.09 bits per heavy atom. The molecule has 0 spiro atoms. The standard InChI is InChI=1S/C23H21ClF6N4O/c1-4-13(3)6-14(9-18(24)5-2)19(20(31)35)11-34-12-32-21(33-34)15-7-16(22(25,26)27)10-17(8-15)23(28,29)30/h5-12H,4H2,1-3H3,(H2,31,35)/b13-6+,14-9+,18-5+,19-11+. The van der Waals surface area contributed by atoms with Crippen molar-refractivity contribution in [3.8, 4) is 11.4 Å². The lowest BCUT2D eigenvalue weighted by Gasteiger charge is -2.13. The largest absolute Gasteiger partial charge is 0.416 e. The lowest BCUT2D eigenvalue weighted by atomic mass is 10.0. The van der Waals surface area contributed by atoms with Crippen LogP contribution in [0.3, 0.4) is 0 Å². The zero-order chi connectivity index (χ0) is 26.6. The van der Waals surface area contributed by atoms with Crippen molar-refractivity contribution in [2.45, 2.75) is 39.5 Å². The summed E-state index contributed by atoms with van der Waals surface area (Å²) in [5.41, 5.74) is 3.16.